The largest absolute Gasteiger partial charge is 0.508 e. The van der Waals surface area contributed by atoms with Gasteiger partial charge in [-0.2, -0.15) is 0 Å². The Labute approximate surface area is 112 Å². The predicted octanol–water partition coefficient (Wildman–Crippen LogP) is 2.74. The van der Waals surface area contributed by atoms with E-state index in [-0.39, 0.29) is 17.1 Å². The molecule has 0 radical (unpaired) electrons. The summed E-state index contributed by atoms with van der Waals surface area (Å²) < 4.78 is 0.652. The maximum Gasteiger partial charge on any atom is 0.255 e. The van der Waals surface area contributed by atoms with E-state index in [1.165, 1.54) is 29.5 Å². The number of rotatable bonds is 3. The van der Waals surface area contributed by atoms with Gasteiger partial charge in [-0.25, -0.2) is 0 Å². The fourth-order valence-corrected chi connectivity index (χ4v) is 2.44. The van der Waals surface area contributed by atoms with Gasteiger partial charge < -0.3 is 15.5 Å². The van der Waals surface area contributed by atoms with Gasteiger partial charge in [0.05, 0.1) is 16.4 Å². The molecule has 6 heteroatoms. The third kappa shape index (κ3) is 2.94. The number of hydrogen-bond donors (Lipinski definition) is 3. The highest BCUT2D eigenvalue weighted by Gasteiger charge is 2.11. The van der Waals surface area contributed by atoms with Gasteiger partial charge in [0.2, 0.25) is 0 Å². The van der Waals surface area contributed by atoms with E-state index in [4.69, 9.17) is 11.6 Å². The van der Waals surface area contributed by atoms with E-state index >= 15 is 0 Å². The highest BCUT2D eigenvalue weighted by molar-refractivity contribution is 7.16. The average Bonchev–Trinajstić information content (AvgIpc) is 2.75. The molecular weight excluding hydrogens is 274 g/mol. The molecule has 2 rings (SSSR count). The Morgan fingerprint density at radius 1 is 1.28 bits per heavy atom. The van der Waals surface area contributed by atoms with Gasteiger partial charge >= 0.3 is 0 Å². The van der Waals surface area contributed by atoms with E-state index < -0.39 is 5.91 Å². The normalized spacial score (nSPS) is 10.3. The molecule has 0 bridgehead atoms. The molecule has 0 spiro atoms. The van der Waals surface area contributed by atoms with Gasteiger partial charge in [0.1, 0.15) is 11.5 Å². The smallest absolute Gasteiger partial charge is 0.255 e. The van der Waals surface area contributed by atoms with Gasteiger partial charge in [-0.3, -0.25) is 4.79 Å². The summed E-state index contributed by atoms with van der Waals surface area (Å²) in [6, 6.07) is 7.36. The lowest BCUT2D eigenvalue weighted by atomic mass is 10.2. The fourth-order valence-electron chi connectivity index (χ4n) is 1.42. The van der Waals surface area contributed by atoms with Gasteiger partial charge in [-0.1, -0.05) is 11.6 Å². The van der Waals surface area contributed by atoms with E-state index in [1.807, 2.05) is 6.07 Å². The minimum Gasteiger partial charge on any atom is -0.508 e. The third-order valence-corrected chi connectivity index (χ3v) is 3.51. The molecule has 0 fully saturated rings. The first-order valence-electron chi connectivity index (χ1n) is 5.10. The van der Waals surface area contributed by atoms with Crippen LogP contribution in [0.5, 0.6) is 11.5 Å². The van der Waals surface area contributed by atoms with Crippen LogP contribution in [0.25, 0.3) is 0 Å². The average molecular weight is 284 g/mol. The lowest BCUT2D eigenvalue weighted by molar-refractivity contribution is 0.0948. The van der Waals surface area contributed by atoms with Gasteiger partial charge in [0, 0.05) is 4.88 Å². The molecule has 1 aromatic heterocycles. The summed E-state index contributed by atoms with van der Waals surface area (Å²) in [6.45, 7) is 0.325. The van der Waals surface area contributed by atoms with Crippen LogP contribution in [0.2, 0.25) is 4.34 Å². The summed E-state index contributed by atoms with van der Waals surface area (Å²) in [5.74, 6) is -0.695. The minimum absolute atomic E-state index is 0.0395. The van der Waals surface area contributed by atoms with Crippen LogP contribution in [-0.2, 0) is 6.54 Å². The van der Waals surface area contributed by atoms with Crippen LogP contribution in [-0.4, -0.2) is 16.1 Å². The van der Waals surface area contributed by atoms with Crippen molar-refractivity contribution in [1.82, 2.24) is 5.32 Å². The first-order valence-corrected chi connectivity index (χ1v) is 6.30. The molecule has 0 saturated carbocycles. The number of nitrogens with one attached hydrogen (secondary N) is 1. The highest BCUT2D eigenvalue weighted by atomic mass is 35.5. The van der Waals surface area contributed by atoms with Crippen LogP contribution in [0.4, 0.5) is 0 Å². The van der Waals surface area contributed by atoms with Crippen molar-refractivity contribution < 1.29 is 15.0 Å². The van der Waals surface area contributed by atoms with Crippen molar-refractivity contribution in [3.8, 4) is 11.5 Å². The van der Waals surface area contributed by atoms with E-state index in [0.29, 0.717) is 10.9 Å². The Kier molecular flexibility index (Phi) is 3.74. The molecule has 1 heterocycles. The number of thiophene rings is 1. The number of halogens is 1. The second-order valence-corrected chi connectivity index (χ2v) is 5.39. The number of phenolic OH excluding ortho intramolecular Hbond substituents is 2. The lowest BCUT2D eigenvalue weighted by Gasteiger charge is -2.06. The van der Waals surface area contributed by atoms with Crippen LogP contribution < -0.4 is 5.32 Å². The van der Waals surface area contributed by atoms with E-state index in [9.17, 15) is 15.0 Å². The third-order valence-electron chi connectivity index (χ3n) is 2.28. The molecule has 3 N–H and O–H groups in total. The predicted molar refractivity (Wildman–Crippen MR) is 70.3 cm³/mol. The summed E-state index contributed by atoms with van der Waals surface area (Å²) >= 11 is 7.14. The number of aromatic hydroxyl groups is 2. The van der Waals surface area contributed by atoms with Crippen molar-refractivity contribution in [1.29, 1.82) is 0 Å². The first-order chi connectivity index (χ1) is 8.56. The summed E-state index contributed by atoms with van der Waals surface area (Å²) in [5.41, 5.74) is 0.0395. The molecule has 0 atom stereocenters. The molecule has 4 nitrogen and oxygen atoms in total. The molecular formula is C12H10ClNO3S. The molecule has 2 aromatic rings. The molecule has 0 aliphatic heterocycles. The summed E-state index contributed by atoms with van der Waals surface area (Å²) in [4.78, 5) is 12.7. The molecule has 1 aromatic carbocycles. The van der Waals surface area contributed by atoms with E-state index in [0.717, 1.165) is 4.88 Å². The summed E-state index contributed by atoms with van der Waals surface area (Å²) in [7, 11) is 0. The zero-order valence-electron chi connectivity index (χ0n) is 9.18. The Morgan fingerprint density at radius 3 is 2.72 bits per heavy atom. The standard InChI is InChI=1S/C12H10ClNO3S/c13-11-4-2-8(18-11)6-14-12(17)9-5-7(15)1-3-10(9)16/h1-5,15-16H,6H2,(H,14,17). The molecule has 0 aliphatic rings. The maximum atomic E-state index is 11.8. The highest BCUT2D eigenvalue weighted by Crippen LogP contribution is 2.23. The van der Waals surface area contributed by atoms with Crippen molar-refractivity contribution in [2.75, 3.05) is 0 Å². The lowest BCUT2D eigenvalue weighted by Crippen LogP contribution is -2.22. The first kappa shape index (κ1) is 12.7. The fraction of sp³-hybridized carbons (Fsp3) is 0.0833. The van der Waals surface area contributed by atoms with Crippen molar-refractivity contribution in [2.45, 2.75) is 6.54 Å². The molecule has 18 heavy (non-hydrogen) atoms. The van der Waals surface area contributed by atoms with Crippen molar-refractivity contribution in [2.24, 2.45) is 0 Å². The molecule has 0 saturated heterocycles. The Hall–Kier alpha value is -1.72. The Bertz CT molecular complexity index is 582. The van der Waals surface area contributed by atoms with E-state index in [1.54, 1.807) is 6.07 Å². The molecule has 1 amide bonds. The molecule has 94 valence electrons. The number of hydrogen-bond acceptors (Lipinski definition) is 4. The number of phenols is 2. The number of carbonyl (C=O) groups excluding carboxylic acids is 1. The topological polar surface area (TPSA) is 69.6 Å². The zero-order chi connectivity index (χ0) is 13.1. The monoisotopic (exact) mass is 283 g/mol. The van der Waals surface area contributed by atoms with Gasteiger partial charge in [-0.05, 0) is 30.3 Å². The van der Waals surface area contributed by atoms with Gasteiger partial charge in [-0.15, -0.1) is 11.3 Å². The minimum atomic E-state index is -0.451. The quantitative estimate of drug-likeness (QED) is 0.759. The van der Waals surface area contributed by atoms with Crippen molar-refractivity contribution in [3.05, 3.63) is 45.1 Å². The van der Waals surface area contributed by atoms with Crippen LogP contribution in [0.3, 0.4) is 0 Å². The second kappa shape index (κ2) is 5.29. The Balaban J connectivity index is 2.05. The number of carbonyl (C=O) groups is 1. The number of benzene rings is 1. The van der Waals surface area contributed by atoms with Crippen LogP contribution in [0.1, 0.15) is 15.2 Å². The van der Waals surface area contributed by atoms with Gasteiger partial charge in [0.15, 0.2) is 0 Å². The van der Waals surface area contributed by atoms with Crippen LogP contribution >= 0.6 is 22.9 Å². The SMILES string of the molecule is O=C(NCc1ccc(Cl)s1)c1cc(O)ccc1O. The van der Waals surface area contributed by atoms with Crippen molar-refractivity contribution >= 4 is 28.8 Å². The summed E-state index contributed by atoms with van der Waals surface area (Å²) in [6.07, 6.45) is 0. The number of amides is 1. The molecule has 0 aliphatic carbocycles. The van der Waals surface area contributed by atoms with Gasteiger partial charge in [0.25, 0.3) is 5.91 Å². The van der Waals surface area contributed by atoms with Crippen LogP contribution in [0, 0.1) is 0 Å². The second-order valence-electron chi connectivity index (χ2n) is 3.59. The zero-order valence-corrected chi connectivity index (χ0v) is 10.8. The molecule has 0 unspecified atom stereocenters. The summed E-state index contributed by atoms with van der Waals surface area (Å²) in [5, 5.41) is 21.4. The van der Waals surface area contributed by atoms with Crippen LogP contribution in [0.15, 0.2) is 30.3 Å². The van der Waals surface area contributed by atoms with E-state index in [2.05, 4.69) is 5.32 Å². The van der Waals surface area contributed by atoms with Crippen molar-refractivity contribution in [3.63, 3.8) is 0 Å². The Morgan fingerprint density at radius 2 is 2.06 bits per heavy atom. The maximum absolute atomic E-state index is 11.8.